The molecule has 2 aromatic carbocycles. The molecule has 1 amide bonds. The number of rotatable bonds is 5. The van der Waals surface area contributed by atoms with Crippen LogP contribution < -0.4 is 9.47 Å². The van der Waals surface area contributed by atoms with Crippen LogP contribution in [0.25, 0.3) is 10.8 Å². The summed E-state index contributed by atoms with van der Waals surface area (Å²) in [6, 6.07) is 10.8. The molecule has 2 aliphatic heterocycles. The summed E-state index contributed by atoms with van der Waals surface area (Å²) in [4.78, 5) is 18.2. The van der Waals surface area contributed by atoms with Crippen molar-refractivity contribution in [3.05, 3.63) is 35.9 Å². The Kier molecular flexibility index (Phi) is 4.66. The summed E-state index contributed by atoms with van der Waals surface area (Å²) >= 11 is 0. The molecule has 2 heterocycles. The van der Waals surface area contributed by atoms with Gasteiger partial charge in [-0.1, -0.05) is 12.1 Å². The molecule has 0 bridgehead atoms. The summed E-state index contributed by atoms with van der Waals surface area (Å²) in [5.74, 6) is 2.10. The molecular weight excluding hydrogens is 364 g/mol. The highest BCUT2D eigenvalue weighted by Crippen LogP contribution is 2.43. The molecule has 2 aromatic rings. The molecule has 1 spiro atoms. The van der Waals surface area contributed by atoms with E-state index in [2.05, 4.69) is 28.0 Å². The fourth-order valence-corrected chi connectivity index (χ4v) is 5.46. The van der Waals surface area contributed by atoms with Gasteiger partial charge < -0.3 is 14.4 Å². The molecule has 3 fully saturated rings. The molecular formula is C24H30N2O3. The van der Waals surface area contributed by atoms with Gasteiger partial charge in [0.05, 0.1) is 14.2 Å². The Morgan fingerprint density at radius 3 is 2.52 bits per heavy atom. The second-order valence-corrected chi connectivity index (χ2v) is 8.72. The second kappa shape index (κ2) is 7.21. The van der Waals surface area contributed by atoms with Crippen LogP contribution in [0.5, 0.6) is 11.5 Å². The van der Waals surface area contributed by atoms with Crippen LogP contribution in [0.15, 0.2) is 30.3 Å². The number of piperidine rings is 1. The number of hydrogen-bond acceptors (Lipinski definition) is 4. The predicted molar refractivity (Wildman–Crippen MR) is 113 cm³/mol. The summed E-state index contributed by atoms with van der Waals surface area (Å²) in [7, 11) is 3.43. The molecule has 1 unspecified atom stereocenters. The van der Waals surface area contributed by atoms with Crippen LogP contribution in [0, 0.1) is 0 Å². The Morgan fingerprint density at radius 1 is 1.03 bits per heavy atom. The van der Waals surface area contributed by atoms with Crippen molar-refractivity contribution < 1.29 is 14.3 Å². The van der Waals surface area contributed by atoms with Gasteiger partial charge in [0.1, 0.15) is 17.0 Å². The molecule has 1 atom stereocenters. The van der Waals surface area contributed by atoms with Gasteiger partial charge in [-0.2, -0.15) is 0 Å². The van der Waals surface area contributed by atoms with Crippen molar-refractivity contribution >= 4 is 16.7 Å². The van der Waals surface area contributed by atoms with E-state index in [-0.39, 0.29) is 5.54 Å². The Hall–Kier alpha value is -2.27. The van der Waals surface area contributed by atoms with E-state index in [0.717, 1.165) is 67.8 Å². The Labute approximate surface area is 172 Å². The van der Waals surface area contributed by atoms with Gasteiger partial charge in [0, 0.05) is 24.7 Å². The summed E-state index contributed by atoms with van der Waals surface area (Å²) in [5, 5.41) is 2.32. The Morgan fingerprint density at radius 2 is 1.79 bits per heavy atom. The van der Waals surface area contributed by atoms with Crippen LogP contribution in [-0.4, -0.2) is 54.6 Å². The number of methoxy groups -OCH3 is 2. The van der Waals surface area contributed by atoms with Crippen molar-refractivity contribution in [1.82, 2.24) is 9.80 Å². The first-order chi connectivity index (χ1) is 14.2. The number of carbonyl (C=O) groups is 1. The third kappa shape index (κ3) is 3.07. The summed E-state index contributed by atoms with van der Waals surface area (Å²) in [6.07, 6.45) is 6.51. The molecule has 5 heteroatoms. The van der Waals surface area contributed by atoms with Crippen molar-refractivity contribution in [1.29, 1.82) is 0 Å². The Balaban J connectivity index is 1.53. The third-order valence-electron chi connectivity index (χ3n) is 7.13. The van der Waals surface area contributed by atoms with Gasteiger partial charge in [-0.3, -0.25) is 9.69 Å². The number of likely N-dealkylation sites (tertiary alicyclic amines) is 2. The third-order valence-corrected chi connectivity index (χ3v) is 7.13. The van der Waals surface area contributed by atoms with E-state index in [1.54, 1.807) is 14.2 Å². The minimum atomic E-state index is -0.327. The standard InChI is InChI=1S/C24H30N2O3/c1-28-19-9-5-17-6-10-22(29-2)21(20(17)15-19)16-25-13-3-11-24(25)12-4-14-26(23(24)27)18-7-8-18/h5-6,9-10,15,18H,3-4,7-8,11-14,16H2,1-2H3. The first kappa shape index (κ1) is 18.7. The van der Waals surface area contributed by atoms with Crippen LogP contribution in [0.3, 0.4) is 0 Å². The number of nitrogens with zero attached hydrogens (tertiary/aromatic N) is 2. The largest absolute Gasteiger partial charge is 0.497 e. The molecule has 154 valence electrons. The van der Waals surface area contributed by atoms with Gasteiger partial charge in [0.25, 0.3) is 0 Å². The molecule has 3 aliphatic rings. The first-order valence-corrected chi connectivity index (χ1v) is 10.9. The fourth-order valence-electron chi connectivity index (χ4n) is 5.46. The normalized spacial score (nSPS) is 25.2. The molecule has 1 aliphatic carbocycles. The highest BCUT2D eigenvalue weighted by Gasteiger charge is 2.53. The average Bonchev–Trinajstić information content (AvgIpc) is 3.52. The SMILES string of the molecule is COc1ccc2ccc(OC)c(CN3CCCC34CCCN(C3CC3)C4=O)c2c1. The van der Waals surface area contributed by atoms with Crippen molar-refractivity contribution in [3.8, 4) is 11.5 Å². The molecule has 5 rings (SSSR count). The number of benzene rings is 2. The van der Waals surface area contributed by atoms with E-state index in [4.69, 9.17) is 9.47 Å². The summed E-state index contributed by atoms with van der Waals surface area (Å²) in [6.45, 7) is 2.64. The van der Waals surface area contributed by atoms with Crippen molar-refractivity contribution in [2.24, 2.45) is 0 Å². The number of carbonyl (C=O) groups excluding carboxylic acids is 1. The van der Waals surface area contributed by atoms with E-state index < -0.39 is 0 Å². The second-order valence-electron chi connectivity index (χ2n) is 8.72. The molecule has 1 saturated carbocycles. The predicted octanol–water partition coefficient (Wildman–Crippen LogP) is 3.98. The maximum atomic E-state index is 13.6. The van der Waals surface area contributed by atoms with Crippen LogP contribution in [0.1, 0.15) is 44.1 Å². The molecule has 2 saturated heterocycles. The molecule has 0 N–H and O–H groups in total. The van der Waals surface area contributed by atoms with E-state index in [1.807, 2.05) is 12.1 Å². The topological polar surface area (TPSA) is 42.0 Å². The number of hydrogen-bond donors (Lipinski definition) is 0. The summed E-state index contributed by atoms with van der Waals surface area (Å²) < 4.78 is 11.2. The summed E-state index contributed by atoms with van der Waals surface area (Å²) in [5.41, 5.74) is 0.828. The lowest BCUT2D eigenvalue weighted by molar-refractivity contribution is -0.148. The van der Waals surface area contributed by atoms with Gasteiger partial charge in [0.15, 0.2) is 0 Å². The van der Waals surface area contributed by atoms with Gasteiger partial charge in [-0.05, 0) is 74.0 Å². The van der Waals surface area contributed by atoms with Crippen LogP contribution in [0.4, 0.5) is 0 Å². The zero-order valence-corrected chi connectivity index (χ0v) is 17.4. The van der Waals surface area contributed by atoms with Crippen LogP contribution >= 0.6 is 0 Å². The number of fused-ring (bicyclic) bond motifs is 1. The lowest BCUT2D eigenvalue weighted by Crippen LogP contribution is -2.60. The minimum absolute atomic E-state index is 0.327. The molecule has 29 heavy (non-hydrogen) atoms. The monoisotopic (exact) mass is 394 g/mol. The lowest BCUT2D eigenvalue weighted by Gasteiger charge is -2.45. The molecule has 0 radical (unpaired) electrons. The van der Waals surface area contributed by atoms with Crippen molar-refractivity contribution in [3.63, 3.8) is 0 Å². The molecule has 5 nitrogen and oxygen atoms in total. The van der Waals surface area contributed by atoms with Gasteiger partial charge >= 0.3 is 0 Å². The van der Waals surface area contributed by atoms with E-state index in [0.29, 0.717) is 11.9 Å². The van der Waals surface area contributed by atoms with Gasteiger partial charge in [0.2, 0.25) is 5.91 Å². The molecule has 0 aromatic heterocycles. The van der Waals surface area contributed by atoms with E-state index >= 15 is 0 Å². The van der Waals surface area contributed by atoms with Gasteiger partial charge in [-0.25, -0.2) is 0 Å². The number of ether oxygens (including phenoxy) is 2. The maximum Gasteiger partial charge on any atom is 0.243 e. The zero-order chi connectivity index (χ0) is 20.0. The van der Waals surface area contributed by atoms with Crippen molar-refractivity contribution in [2.75, 3.05) is 27.3 Å². The fraction of sp³-hybridized carbons (Fsp3) is 0.542. The van der Waals surface area contributed by atoms with E-state index in [1.165, 1.54) is 18.2 Å². The number of amides is 1. The Bertz CT molecular complexity index is 934. The zero-order valence-electron chi connectivity index (χ0n) is 17.4. The quantitative estimate of drug-likeness (QED) is 0.769. The minimum Gasteiger partial charge on any atom is -0.497 e. The highest BCUT2D eigenvalue weighted by atomic mass is 16.5. The highest BCUT2D eigenvalue weighted by molar-refractivity contribution is 5.90. The van der Waals surface area contributed by atoms with E-state index in [9.17, 15) is 4.79 Å². The average molecular weight is 395 g/mol. The maximum absolute atomic E-state index is 13.6. The lowest BCUT2D eigenvalue weighted by atomic mass is 9.84. The van der Waals surface area contributed by atoms with Crippen LogP contribution in [0.2, 0.25) is 0 Å². The van der Waals surface area contributed by atoms with Gasteiger partial charge in [-0.15, -0.1) is 0 Å². The van der Waals surface area contributed by atoms with Crippen LogP contribution in [-0.2, 0) is 11.3 Å². The smallest absolute Gasteiger partial charge is 0.243 e. The van der Waals surface area contributed by atoms with Crippen molar-refractivity contribution in [2.45, 2.75) is 56.7 Å². The first-order valence-electron chi connectivity index (χ1n) is 10.9.